The van der Waals surface area contributed by atoms with Gasteiger partial charge in [0.2, 0.25) is 0 Å². The molecule has 25 heavy (non-hydrogen) atoms. The fourth-order valence-corrected chi connectivity index (χ4v) is 2.03. The zero-order valence-electron chi connectivity index (χ0n) is 15.2. The van der Waals surface area contributed by atoms with Crippen LogP contribution in [-0.2, 0) is 21.7 Å². The van der Waals surface area contributed by atoms with Crippen molar-refractivity contribution < 1.29 is 21.7 Å². The summed E-state index contributed by atoms with van der Waals surface area (Å²) in [5.74, 6) is 0. The molecule has 1 aromatic carbocycles. The molecule has 0 bridgehead atoms. The van der Waals surface area contributed by atoms with Gasteiger partial charge in [-0.1, -0.05) is 38.0 Å². The van der Waals surface area contributed by atoms with E-state index in [2.05, 4.69) is 44.2 Å². The summed E-state index contributed by atoms with van der Waals surface area (Å²) < 4.78 is 0. The summed E-state index contributed by atoms with van der Waals surface area (Å²) >= 11 is 0. The molecule has 0 unspecified atom stereocenters. The van der Waals surface area contributed by atoms with E-state index in [9.17, 15) is 0 Å². The molecule has 0 amide bonds. The second kappa shape index (κ2) is 18.5. The molecule has 0 aliphatic heterocycles. The van der Waals surface area contributed by atoms with Crippen LogP contribution in [0.5, 0.6) is 0 Å². The third kappa shape index (κ3) is 13.5. The van der Waals surface area contributed by atoms with Gasteiger partial charge in [-0.25, -0.2) is 5.57 Å². The van der Waals surface area contributed by atoms with Crippen molar-refractivity contribution in [1.29, 1.82) is 0 Å². The van der Waals surface area contributed by atoms with Crippen LogP contribution in [0.15, 0.2) is 30.3 Å². The molecule has 0 nitrogen and oxygen atoms in total. The molecule has 0 spiro atoms. The molecule has 0 aromatic heterocycles. The number of hydrogen-bond donors (Lipinski definition) is 0. The van der Waals surface area contributed by atoms with Gasteiger partial charge in [0.05, 0.1) is 0 Å². The summed E-state index contributed by atoms with van der Waals surface area (Å²) in [6, 6.07) is 10.4. The summed E-state index contributed by atoms with van der Waals surface area (Å²) in [6.07, 6.45) is 27.8. The molecule has 1 heteroatoms. The quantitative estimate of drug-likeness (QED) is 0.325. The van der Waals surface area contributed by atoms with Crippen LogP contribution in [0, 0.1) is 77.2 Å². The van der Waals surface area contributed by atoms with E-state index in [1.54, 1.807) is 0 Å². The van der Waals surface area contributed by atoms with Crippen LogP contribution in [0.4, 0.5) is 0 Å². The smallest absolute Gasteiger partial charge is 0.342 e. The molecule has 2 aliphatic rings. The number of unbranched alkanes of at least 4 members (excludes halogenated alkanes) is 2. The average molecular weight is 364 g/mol. The molecule has 0 saturated heterocycles. The second-order valence-electron chi connectivity index (χ2n) is 5.30. The minimum absolute atomic E-state index is 0. The Labute approximate surface area is 172 Å². The van der Waals surface area contributed by atoms with Crippen LogP contribution in [0.1, 0.15) is 38.2 Å². The molecular formula is C24H28Ti+2. The van der Waals surface area contributed by atoms with Gasteiger partial charge in [0.25, 0.3) is 0 Å². The Bertz CT molecular complexity index is 374. The summed E-state index contributed by atoms with van der Waals surface area (Å²) in [5.41, 5.74) is 2.51. The van der Waals surface area contributed by atoms with Crippen molar-refractivity contribution in [3.05, 3.63) is 113 Å². The maximum atomic E-state index is 3.94. The third-order valence-corrected chi connectivity index (χ3v) is 3.35. The Morgan fingerprint density at radius 1 is 0.800 bits per heavy atom. The Morgan fingerprint density at radius 2 is 1.24 bits per heavy atom. The van der Waals surface area contributed by atoms with E-state index in [0.29, 0.717) is 0 Å². The van der Waals surface area contributed by atoms with Gasteiger partial charge >= 0.3 is 21.7 Å². The minimum Gasteiger partial charge on any atom is -0.342 e. The van der Waals surface area contributed by atoms with Crippen LogP contribution >= 0.6 is 0 Å². The predicted molar refractivity (Wildman–Crippen MR) is 106 cm³/mol. The molecule has 0 atom stereocenters. The maximum Gasteiger partial charge on any atom is 4.00 e. The standard InChI is InChI=1S/C14H18.2C5H5.Ti/c1-3-5-7-10-13(4-2)14-11-8-6-9-12-14;2*1-2-4-5-3-1;/h6,8-9,11-12H,2-5,7H2,1H3;2*1-5H;/q-2;;;+4. The second-order valence-corrected chi connectivity index (χ2v) is 5.30. The van der Waals surface area contributed by atoms with Gasteiger partial charge in [0.1, 0.15) is 0 Å². The van der Waals surface area contributed by atoms with Gasteiger partial charge in [-0.2, -0.15) is 12.0 Å². The summed E-state index contributed by atoms with van der Waals surface area (Å²) in [7, 11) is 0. The van der Waals surface area contributed by atoms with E-state index in [1.807, 2.05) is 70.3 Å². The minimum atomic E-state index is 0. The molecule has 2 saturated carbocycles. The van der Waals surface area contributed by atoms with Gasteiger partial charge in [-0.3, -0.25) is 6.08 Å². The van der Waals surface area contributed by atoms with Crippen molar-refractivity contribution in [2.45, 2.75) is 32.6 Å². The van der Waals surface area contributed by atoms with E-state index in [4.69, 9.17) is 0 Å². The first-order valence-electron chi connectivity index (χ1n) is 8.66. The number of hydrogen-bond acceptors (Lipinski definition) is 0. The SMILES string of the molecule is [CH2-]CC(=[C-]CCCC)c1ccccc1.[CH]1[CH][CH][CH][CH]1.[CH]1[CH][CH][CH][CH]1.[Ti+4]. The molecule has 1 aromatic rings. The van der Waals surface area contributed by atoms with Crippen molar-refractivity contribution >= 4 is 5.57 Å². The fourth-order valence-electron chi connectivity index (χ4n) is 2.03. The van der Waals surface area contributed by atoms with Crippen LogP contribution in [-0.4, -0.2) is 0 Å². The van der Waals surface area contributed by atoms with E-state index in [0.717, 1.165) is 12.8 Å². The molecule has 2 aliphatic carbocycles. The van der Waals surface area contributed by atoms with Crippen molar-refractivity contribution in [3.8, 4) is 0 Å². The first-order valence-corrected chi connectivity index (χ1v) is 8.66. The largest absolute Gasteiger partial charge is 4.00 e. The zero-order valence-corrected chi connectivity index (χ0v) is 16.8. The van der Waals surface area contributed by atoms with Gasteiger partial charge in [-0.15, -0.1) is 18.6 Å². The van der Waals surface area contributed by atoms with Crippen molar-refractivity contribution in [2.24, 2.45) is 0 Å². The Hall–Kier alpha value is -0.326. The van der Waals surface area contributed by atoms with Crippen LogP contribution in [0.3, 0.4) is 0 Å². The molecule has 126 valence electrons. The molecule has 0 N–H and O–H groups in total. The molecule has 3 rings (SSSR count). The maximum absolute atomic E-state index is 3.94. The van der Waals surface area contributed by atoms with E-state index in [1.165, 1.54) is 24.0 Å². The summed E-state index contributed by atoms with van der Waals surface area (Å²) in [5, 5.41) is 0. The number of benzene rings is 1. The van der Waals surface area contributed by atoms with Gasteiger partial charge < -0.3 is 6.92 Å². The summed E-state index contributed by atoms with van der Waals surface area (Å²) in [6.45, 7) is 6.14. The summed E-state index contributed by atoms with van der Waals surface area (Å²) in [4.78, 5) is 0. The van der Waals surface area contributed by atoms with Gasteiger partial charge in [0, 0.05) is 0 Å². The Balaban J connectivity index is 0.000000425. The Morgan fingerprint density at radius 3 is 1.60 bits per heavy atom. The molecular weight excluding hydrogens is 336 g/mol. The number of rotatable bonds is 5. The van der Waals surface area contributed by atoms with Crippen molar-refractivity contribution in [3.63, 3.8) is 0 Å². The third-order valence-electron chi connectivity index (χ3n) is 3.35. The number of allylic oxidation sites excluding steroid dienone is 2. The van der Waals surface area contributed by atoms with Crippen molar-refractivity contribution in [1.82, 2.24) is 0 Å². The first kappa shape index (κ1) is 24.7. The van der Waals surface area contributed by atoms with E-state index >= 15 is 0 Å². The van der Waals surface area contributed by atoms with Crippen LogP contribution < -0.4 is 0 Å². The Kier molecular flexibility index (Phi) is 18.2. The first-order chi connectivity index (χ1) is 11.9. The zero-order chi connectivity index (χ0) is 17.3. The van der Waals surface area contributed by atoms with Crippen molar-refractivity contribution in [2.75, 3.05) is 0 Å². The predicted octanol–water partition coefficient (Wildman–Crippen LogP) is 6.33. The van der Waals surface area contributed by atoms with Gasteiger partial charge in [-0.05, 0) is 64.2 Å². The van der Waals surface area contributed by atoms with Gasteiger partial charge in [0.15, 0.2) is 0 Å². The monoisotopic (exact) mass is 364 g/mol. The molecule has 2 fully saturated rings. The average Bonchev–Trinajstić information content (AvgIpc) is 3.38. The topological polar surface area (TPSA) is 0 Å². The van der Waals surface area contributed by atoms with Crippen LogP contribution in [0.2, 0.25) is 0 Å². The van der Waals surface area contributed by atoms with E-state index < -0.39 is 0 Å². The normalized spacial score (nSPS) is 16.2. The molecule has 10 radical (unpaired) electrons. The fraction of sp³-hybridized carbons (Fsp3) is 0.208. The molecule has 0 heterocycles. The van der Waals surface area contributed by atoms with E-state index in [-0.39, 0.29) is 21.7 Å². The van der Waals surface area contributed by atoms with Crippen LogP contribution in [0.25, 0.3) is 5.57 Å².